The molecule has 2 aromatic rings. The third-order valence-corrected chi connectivity index (χ3v) is 5.20. The van der Waals surface area contributed by atoms with Gasteiger partial charge >= 0.3 is 12.1 Å². The molecule has 0 saturated carbocycles. The lowest BCUT2D eigenvalue weighted by atomic mass is 9.98. The number of carbonyl (C=O) groups excluding carboxylic acids is 2. The molecule has 2 atom stereocenters. The molecule has 2 bridgehead atoms. The number of hydroxylamine groups is 2. The van der Waals surface area contributed by atoms with E-state index >= 15 is 0 Å². The second kappa shape index (κ2) is 7.64. The SMILES string of the molecule is Cn1ncc2c1C(CNC(=O)OC(C)(C)C)N1C[C@H]2N(OCc2ccccc2)C1=O. The fraction of sp³-hybridized carbons (Fsp3) is 0.476. The van der Waals surface area contributed by atoms with Crippen LogP contribution in [0.5, 0.6) is 0 Å². The Morgan fingerprint density at radius 2 is 2.00 bits per heavy atom. The van der Waals surface area contributed by atoms with E-state index in [-0.39, 0.29) is 24.7 Å². The Morgan fingerprint density at radius 3 is 2.70 bits per heavy atom. The van der Waals surface area contributed by atoms with E-state index in [0.717, 1.165) is 16.8 Å². The Bertz CT molecular complexity index is 937. The number of nitrogens with one attached hydrogen (secondary N) is 1. The highest BCUT2D eigenvalue weighted by atomic mass is 16.7. The average molecular weight is 413 g/mol. The van der Waals surface area contributed by atoms with E-state index in [0.29, 0.717) is 13.2 Å². The monoisotopic (exact) mass is 413 g/mol. The van der Waals surface area contributed by atoms with Gasteiger partial charge in [-0.15, -0.1) is 0 Å². The van der Waals surface area contributed by atoms with Crippen molar-refractivity contribution in [1.29, 1.82) is 0 Å². The van der Waals surface area contributed by atoms with E-state index in [2.05, 4.69) is 10.4 Å². The minimum atomic E-state index is -0.592. The van der Waals surface area contributed by atoms with Gasteiger partial charge in [0.25, 0.3) is 0 Å². The first-order valence-corrected chi connectivity index (χ1v) is 10.00. The minimum absolute atomic E-state index is 0.219. The molecule has 1 fully saturated rings. The number of ether oxygens (including phenoxy) is 1. The summed E-state index contributed by atoms with van der Waals surface area (Å²) in [5.74, 6) is 0. The number of carbonyl (C=O) groups is 2. The first kappa shape index (κ1) is 20.2. The number of benzene rings is 1. The predicted octanol–water partition coefficient (Wildman–Crippen LogP) is 2.91. The topological polar surface area (TPSA) is 88.9 Å². The zero-order valence-corrected chi connectivity index (χ0v) is 17.7. The maximum Gasteiger partial charge on any atom is 0.407 e. The third kappa shape index (κ3) is 3.85. The van der Waals surface area contributed by atoms with Crippen LogP contribution in [0.25, 0.3) is 0 Å². The van der Waals surface area contributed by atoms with Crippen molar-refractivity contribution in [3.05, 3.63) is 53.3 Å². The Hall–Kier alpha value is -3.07. The summed E-state index contributed by atoms with van der Waals surface area (Å²) in [5.41, 5.74) is 2.21. The summed E-state index contributed by atoms with van der Waals surface area (Å²) in [6.45, 7) is 6.43. The van der Waals surface area contributed by atoms with Gasteiger partial charge in [-0.25, -0.2) is 9.59 Å². The molecular formula is C21H27N5O4. The van der Waals surface area contributed by atoms with E-state index in [1.54, 1.807) is 15.8 Å². The molecular weight excluding hydrogens is 386 g/mol. The molecule has 0 spiro atoms. The first-order valence-electron chi connectivity index (χ1n) is 10.00. The standard InChI is InChI=1S/C21H27N5O4/c1-21(2,3)30-19(27)22-11-16-18-15(10-23-24(18)4)17-12-25(16)20(28)26(17)29-13-14-8-6-5-7-9-14/h5-10,16-17H,11-13H2,1-4H3,(H,22,27)/t16?,17-/m1/s1. The van der Waals surface area contributed by atoms with Crippen LogP contribution in [0.1, 0.15) is 49.7 Å². The van der Waals surface area contributed by atoms with Crippen molar-refractivity contribution in [2.75, 3.05) is 13.1 Å². The van der Waals surface area contributed by atoms with Crippen LogP contribution in [0, 0.1) is 0 Å². The number of hydrogen-bond acceptors (Lipinski definition) is 5. The summed E-state index contributed by atoms with van der Waals surface area (Å²) in [4.78, 5) is 32.9. The first-order chi connectivity index (χ1) is 14.2. The van der Waals surface area contributed by atoms with Crippen molar-refractivity contribution in [2.24, 2.45) is 7.05 Å². The second-order valence-electron chi connectivity index (χ2n) is 8.54. The van der Waals surface area contributed by atoms with E-state index < -0.39 is 11.7 Å². The Kier molecular flexibility index (Phi) is 5.15. The fourth-order valence-electron chi connectivity index (χ4n) is 3.92. The van der Waals surface area contributed by atoms with Gasteiger partial charge in [0.2, 0.25) is 0 Å². The van der Waals surface area contributed by atoms with Crippen molar-refractivity contribution in [3.8, 4) is 0 Å². The molecule has 1 unspecified atom stereocenters. The molecule has 1 saturated heterocycles. The molecule has 9 nitrogen and oxygen atoms in total. The average Bonchev–Trinajstić information content (AvgIpc) is 3.20. The zero-order chi connectivity index (χ0) is 21.5. The Labute approximate surface area is 175 Å². The molecule has 1 aromatic carbocycles. The summed E-state index contributed by atoms with van der Waals surface area (Å²) < 4.78 is 7.09. The molecule has 160 valence electrons. The molecule has 2 aliphatic heterocycles. The summed E-state index contributed by atoms with van der Waals surface area (Å²) in [6.07, 6.45) is 1.26. The van der Waals surface area contributed by atoms with Crippen molar-refractivity contribution < 1.29 is 19.2 Å². The molecule has 30 heavy (non-hydrogen) atoms. The lowest BCUT2D eigenvalue weighted by Gasteiger charge is -2.31. The quantitative estimate of drug-likeness (QED) is 0.814. The van der Waals surface area contributed by atoms with Gasteiger partial charge < -0.3 is 15.0 Å². The normalized spacial score (nSPS) is 20.3. The summed E-state index contributed by atoms with van der Waals surface area (Å²) in [5, 5.41) is 8.60. The van der Waals surface area contributed by atoms with Crippen LogP contribution in [0.2, 0.25) is 0 Å². The van der Waals surface area contributed by atoms with E-state index in [4.69, 9.17) is 9.57 Å². The molecule has 0 aliphatic carbocycles. The minimum Gasteiger partial charge on any atom is -0.444 e. The van der Waals surface area contributed by atoms with Crippen molar-refractivity contribution >= 4 is 12.1 Å². The van der Waals surface area contributed by atoms with Crippen molar-refractivity contribution in [1.82, 2.24) is 25.1 Å². The molecule has 2 aliphatic rings. The van der Waals surface area contributed by atoms with Gasteiger partial charge in [0.15, 0.2) is 0 Å². The zero-order valence-electron chi connectivity index (χ0n) is 17.7. The van der Waals surface area contributed by atoms with Gasteiger partial charge in [-0.05, 0) is 26.3 Å². The lowest BCUT2D eigenvalue weighted by Crippen LogP contribution is -2.43. The van der Waals surface area contributed by atoms with Crippen LogP contribution in [0.15, 0.2) is 36.5 Å². The summed E-state index contributed by atoms with van der Waals surface area (Å²) in [6, 6.07) is 8.91. The highest BCUT2D eigenvalue weighted by Crippen LogP contribution is 2.43. The number of rotatable bonds is 5. The molecule has 9 heteroatoms. The lowest BCUT2D eigenvalue weighted by molar-refractivity contribution is -0.141. The van der Waals surface area contributed by atoms with E-state index in [9.17, 15) is 9.59 Å². The molecule has 3 heterocycles. The summed E-state index contributed by atoms with van der Waals surface area (Å²) in [7, 11) is 1.84. The molecule has 3 amide bonds. The highest BCUT2D eigenvalue weighted by Gasteiger charge is 2.50. The van der Waals surface area contributed by atoms with Crippen LogP contribution in [0.4, 0.5) is 9.59 Å². The fourth-order valence-corrected chi connectivity index (χ4v) is 3.92. The van der Waals surface area contributed by atoms with Crippen molar-refractivity contribution in [2.45, 2.75) is 45.1 Å². The van der Waals surface area contributed by atoms with Crippen molar-refractivity contribution in [3.63, 3.8) is 0 Å². The molecule has 4 rings (SSSR count). The van der Waals surface area contributed by atoms with Crippen LogP contribution in [0.3, 0.4) is 0 Å². The van der Waals surface area contributed by atoms with Gasteiger partial charge in [0.1, 0.15) is 18.2 Å². The second-order valence-corrected chi connectivity index (χ2v) is 8.54. The van der Waals surface area contributed by atoms with Crippen LogP contribution in [-0.2, 0) is 23.2 Å². The van der Waals surface area contributed by atoms with Crippen LogP contribution >= 0.6 is 0 Å². The van der Waals surface area contributed by atoms with Gasteiger partial charge in [0.05, 0.1) is 24.5 Å². The number of alkyl carbamates (subject to hydrolysis) is 1. The van der Waals surface area contributed by atoms with Gasteiger partial charge in [0, 0.05) is 19.2 Å². The van der Waals surface area contributed by atoms with E-state index in [1.807, 2.05) is 58.2 Å². The molecule has 1 N–H and O–H groups in total. The Morgan fingerprint density at radius 1 is 1.27 bits per heavy atom. The number of aromatic nitrogens is 2. The Balaban J connectivity index is 1.52. The van der Waals surface area contributed by atoms with Gasteiger partial charge in [-0.2, -0.15) is 10.2 Å². The number of nitrogens with zero attached hydrogens (tertiary/aromatic N) is 4. The largest absolute Gasteiger partial charge is 0.444 e. The highest BCUT2D eigenvalue weighted by molar-refractivity contribution is 5.78. The van der Waals surface area contributed by atoms with Gasteiger partial charge in [-0.3, -0.25) is 9.52 Å². The number of urea groups is 1. The predicted molar refractivity (Wildman–Crippen MR) is 108 cm³/mol. The van der Waals surface area contributed by atoms with E-state index in [1.165, 1.54) is 5.06 Å². The third-order valence-electron chi connectivity index (χ3n) is 5.20. The molecule has 0 radical (unpaired) electrons. The summed E-state index contributed by atoms with van der Waals surface area (Å²) >= 11 is 0. The maximum atomic E-state index is 13.1. The number of hydrogen-bond donors (Lipinski definition) is 1. The smallest absolute Gasteiger partial charge is 0.407 e. The maximum absolute atomic E-state index is 13.1. The number of aryl methyl sites for hydroxylation is 1. The number of amides is 3. The van der Waals surface area contributed by atoms with Crippen LogP contribution in [-0.4, -0.2) is 50.6 Å². The van der Waals surface area contributed by atoms with Gasteiger partial charge in [-0.1, -0.05) is 30.3 Å². The number of fused-ring (bicyclic) bond motifs is 4. The van der Waals surface area contributed by atoms with Crippen LogP contribution < -0.4 is 5.32 Å². The molecule has 1 aromatic heterocycles.